The minimum atomic E-state index is -0.375. The maximum atomic E-state index is 12.1. The molecule has 1 N–H and O–H groups in total. The molecule has 1 atom stereocenters. The molecule has 22 heavy (non-hydrogen) atoms. The van der Waals surface area contributed by atoms with Gasteiger partial charge in [0.25, 0.3) is 5.91 Å². The number of carbonyl (C=O) groups excluding carboxylic acids is 2. The molecule has 0 aliphatic rings. The third kappa shape index (κ3) is 3.85. The lowest BCUT2D eigenvalue weighted by atomic mass is 10.2. The molecule has 0 saturated heterocycles. The van der Waals surface area contributed by atoms with Crippen molar-refractivity contribution in [2.45, 2.75) is 19.4 Å². The molecule has 0 aliphatic heterocycles. The third-order valence-corrected chi connectivity index (χ3v) is 3.34. The van der Waals surface area contributed by atoms with Gasteiger partial charge in [0.1, 0.15) is 0 Å². The van der Waals surface area contributed by atoms with Gasteiger partial charge in [0.2, 0.25) is 0 Å². The number of carbonyl (C=O) groups is 2. The van der Waals surface area contributed by atoms with Crippen LogP contribution in [0, 0.1) is 0 Å². The molecule has 1 unspecified atom stereocenters. The van der Waals surface area contributed by atoms with E-state index in [4.69, 9.17) is 11.6 Å². The fourth-order valence-corrected chi connectivity index (χ4v) is 2.12. The largest absolute Gasteiger partial charge is 0.469 e. The van der Waals surface area contributed by atoms with Gasteiger partial charge in [-0.15, -0.1) is 0 Å². The smallest absolute Gasteiger partial charge is 0.307 e. The first kappa shape index (κ1) is 16.0. The molecule has 0 bridgehead atoms. The lowest BCUT2D eigenvalue weighted by Gasteiger charge is -2.11. The topological polar surface area (TPSA) is 73.2 Å². The van der Waals surface area contributed by atoms with Gasteiger partial charge in [0.05, 0.1) is 36.0 Å². The second-order valence-corrected chi connectivity index (χ2v) is 5.19. The maximum Gasteiger partial charge on any atom is 0.307 e. The molecular weight excluding hydrogens is 306 g/mol. The standard InChI is InChI=1S/C15H16ClN3O3/c1-10(7-14(20)22-2)18-15(21)11-8-17-19(9-11)13-6-4-3-5-12(13)16/h3-6,8-10H,7H2,1-2H3,(H,18,21). The number of methoxy groups -OCH3 is 1. The van der Waals surface area contributed by atoms with Gasteiger partial charge in [-0.1, -0.05) is 23.7 Å². The maximum absolute atomic E-state index is 12.1. The molecule has 0 fully saturated rings. The van der Waals surface area contributed by atoms with Crippen LogP contribution in [0.25, 0.3) is 5.69 Å². The number of ether oxygens (including phenoxy) is 1. The van der Waals surface area contributed by atoms with E-state index in [0.717, 1.165) is 0 Å². The summed E-state index contributed by atoms with van der Waals surface area (Å²) in [6.45, 7) is 1.73. The lowest BCUT2D eigenvalue weighted by Crippen LogP contribution is -2.34. The normalized spacial score (nSPS) is 11.8. The molecule has 1 aromatic carbocycles. The van der Waals surface area contributed by atoms with E-state index in [2.05, 4.69) is 15.2 Å². The van der Waals surface area contributed by atoms with Crippen LogP contribution in [0.4, 0.5) is 0 Å². The number of hydrogen-bond acceptors (Lipinski definition) is 4. The predicted molar refractivity (Wildman–Crippen MR) is 82.1 cm³/mol. The Bertz CT molecular complexity index is 684. The van der Waals surface area contributed by atoms with Gasteiger partial charge in [-0.3, -0.25) is 9.59 Å². The van der Waals surface area contributed by atoms with Crippen molar-refractivity contribution in [3.8, 4) is 5.69 Å². The summed E-state index contributed by atoms with van der Waals surface area (Å²) in [7, 11) is 1.31. The Morgan fingerprint density at radius 1 is 1.41 bits per heavy atom. The highest BCUT2D eigenvalue weighted by molar-refractivity contribution is 6.32. The number of nitrogens with one attached hydrogen (secondary N) is 1. The average molecular weight is 322 g/mol. The zero-order valence-electron chi connectivity index (χ0n) is 12.2. The number of aromatic nitrogens is 2. The molecule has 0 spiro atoms. The first-order valence-electron chi connectivity index (χ1n) is 6.68. The van der Waals surface area contributed by atoms with Crippen molar-refractivity contribution >= 4 is 23.5 Å². The number of nitrogens with zero attached hydrogens (tertiary/aromatic N) is 2. The van der Waals surface area contributed by atoms with Gasteiger partial charge in [0.15, 0.2) is 0 Å². The van der Waals surface area contributed by atoms with Crippen molar-refractivity contribution in [3.63, 3.8) is 0 Å². The van der Waals surface area contributed by atoms with Crippen LogP contribution < -0.4 is 5.32 Å². The number of hydrogen-bond donors (Lipinski definition) is 1. The average Bonchev–Trinajstić information content (AvgIpc) is 2.97. The second kappa shape index (κ2) is 7.09. The van der Waals surface area contributed by atoms with Crippen LogP contribution in [0.5, 0.6) is 0 Å². The molecule has 1 heterocycles. The Morgan fingerprint density at radius 2 is 2.14 bits per heavy atom. The van der Waals surface area contributed by atoms with Crippen molar-refractivity contribution in [2.75, 3.05) is 7.11 Å². The Hall–Kier alpha value is -2.34. The van der Waals surface area contributed by atoms with Gasteiger partial charge in [-0.05, 0) is 19.1 Å². The highest BCUT2D eigenvalue weighted by Crippen LogP contribution is 2.19. The van der Waals surface area contributed by atoms with E-state index in [0.29, 0.717) is 16.3 Å². The van der Waals surface area contributed by atoms with Gasteiger partial charge in [-0.2, -0.15) is 5.10 Å². The predicted octanol–water partition coefficient (Wildman–Crippen LogP) is 2.21. The number of rotatable bonds is 5. The molecule has 0 aliphatic carbocycles. The van der Waals surface area contributed by atoms with Gasteiger partial charge < -0.3 is 10.1 Å². The van der Waals surface area contributed by atoms with Crippen LogP contribution in [0.2, 0.25) is 5.02 Å². The highest BCUT2D eigenvalue weighted by Gasteiger charge is 2.15. The summed E-state index contributed by atoms with van der Waals surface area (Å²) in [5.41, 5.74) is 1.07. The van der Waals surface area contributed by atoms with Gasteiger partial charge in [0, 0.05) is 12.2 Å². The second-order valence-electron chi connectivity index (χ2n) is 4.78. The summed E-state index contributed by atoms with van der Waals surface area (Å²) in [6.07, 6.45) is 3.14. The zero-order chi connectivity index (χ0) is 16.1. The fourth-order valence-electron chi connectivity index (χ4n) is 1.90. The van der Waals surface area contributed by atoms with E-state index >= 15 is 0 Å². The number of benzene rings is 1. The van der Waals surface area contributed by atoms with E-state index in [-0.39, 0.29) is 24.3 Å². The van der Waals surface area contributed by atoms with E-state index in [1.807, 2.05) is 12.1 Å². The summed E-state index contributed by atoms with van der Waals surface area (Å²) in [4.78, 5) is 23.3. The first-order chi connectivity index (χ1) is 10.5. The van der Waals surface area contributed by atoms with E-state index < -0.39 is 0 Å². The zero-order valence-corrected chi connectivity index (χ0v) is 13.0. The van der Waals surface area contributed by atoms with Crippen molar-refractivity contribution in [1.82, 2.24) is 15.1 Å². The fraction of sp³-hybridized carbons (Fsp3) is 0.267. The van der Waals surface area contributed by atoms with Crippen LogP contribution >= 0.6 is 11.6 Å². The van der Waals surface area contributed by atoms with Crippen molar-refractivity contribution < 1.29 is 14.3 Å². The summed E-state index contributed by atoms with van der Waals surface area (Å²) >= 11 is 6.09. The number of halogens is 1. The van der Waals surface area contributed by atoms with Crippen molar-refractivity contribution in [3.05, 3.63) is 47.2 Å². The SMILES string of the molecule is COC(=O)CC(C)NC(=O)c1cnn(-c2ccccc2Cl)c1. The molecular formula is C15H16ClN3O3. The van der Waals surface area contributed by atoms with Crippen LogP contribution in [-0.4, -0.2) is 34.8 Å². The lowest BCUT2D eigenvalue weighted by molar-refractivity contribution is -0.141. The summed E-state index contributed by atoms with van der Waals surface area (Å²) in [5.74, 6) is -0.686. The first-order valence-corrected chi connectivity index (χ1v) is 7.06. The Balaban J connectivity index is 2.07. The Morgan fingerprint density at radius 3 is 2.82 bits per heavy atom. The molecule has 1 amide bonds. The van der Waals surface area contributed by atoms with Gasteiger partial charge >= 0.3 is 5.97 Å². The van der Waals surface area contributed by atoms with E-state index in [9.17, 15) is 9.59 Å². The van der Waals surface area contributed by atoms with Gasteiger partial charge in [-0.25, -0.2) is 4.68 Å². The monoisotopic (exact) mass is 321 g/mol. The minimum Gasteiger partial charge on any atom is -0.469 e. The molecule has 0 radical (unpaired) electrons. The summed E-state index contributed by atoms with van der Waals surface area (Å²) in [5, 5.41) is 7.39. The van der Waals surface area contributed by atoms with Crippen LogP contribution in [-0.2, 0) is 9.53 Å². The van der Waals surface area contributed by atoms with E-state index in [1.54, 1.807) is 25.3 Å². The molecule has 1 aromatic heterocycles. The molecule has 116 valence electrons. The Labute approximate surface area is 133 Å². The van der Waals surface area contributed by atoms with E-state index in [1.165, 1.54) is 18.0 Å². The summed E-state index contributed by atoms with van der Waals surface area (Å²) < 4.78 is 6.09. The Kier molecular flexibility index (Phi) is 5.16. The molecule has 0 saturated carbocycles. The minimum absolute atomic E-state index is 0.112. The quantitative estimate of drug-likeness (QED) is 0.857. The summed E-state index contributed by atoms with van der Waals surface area (Å²) in [6, 6.07) is 6.87. The molecule has 6 nitrogen and oxygen atoms in total. The number of para-hydroxylation sites is 1. The van der Waals surface area contributed by atoms with Crippen molar-refractivity contribution in [2.24, 2.45) is 0 Å². The highest BCUT2D eigenvalue weighted by atomic mass is 35.5. The number of esters is 1. The third-order valence-electron chi connectivity index (χ3n) is 3.02. The van der Waals surface area contributed by atoms with Crippen LogP contribution in [0.1, 0.15) is 23.7 Å². The number of amides is 1. The van der Waals surface area contributed by atoms with Crippen molar-refractivity contribution in [1.29, 1.82) is 0 Å². The molecule has 2 rings (SSSR count). The van der Waals surface area contributed by atoms with Crippen LogP contribution in [0.15, 0.2) is 36.7 Å². The molecule has 7 heteroatoms. The molecule has 2 aromatic rings. The van der Waals surface area contributed by atoms with Crippen LogP contribution in [0.3, 0.4) is 0 Å².